The van der Waals surface area contributed by atoms with Gasteiger partial charge in [-0.2, -0.15) is 0 Å². The third kappa shape index (κ3) is 3.36. The Kier molecular flexibility index (Phi) is 4.78. The molecule has 154 valence electrons. The van der Waals surface area contributed by atoms with Crippen LogP contribution in [0.25, 0.3) is 0 Å². The Hall–Kier alpha value is -2.58. The fraction of sp³-hybridized carbons (Fsp3) is 0.524. The van der Waals surface area contributed by atoms with Crippen molar-refractivity contribution < 1.29 is 19.2 Å². The molecule has 2 N–H and O–H groups in total. The SMILES string of the molecule is CNC1CN(Cc2ccc3c(c2)C(=O)N(C2CCC(=O)NC2=O)C3=O)CC1(C)C. The molecule has 8 nitrogen and oxygen atoms in total. The van der Waals surface area contributed by atoms with Gasteiger partial charge in [-0.3, -0.25) is 34.3 Å². The van der Waals surface area contributed by atoms with Crippen molar-refractivity contribution in [3.63, 3.8) is 0 Å². The molecule has 2 atom stereocenters. The summed E-state index contributed by atoms with van der Waals surface area (Å²) in [5.74, 6) is -1.90. The molecular weight excluding hydrogens is 372 g/mol. The van der Waals surface area contributed by atoms with E-state index in [1.165, 1.54) is 0 Å². The summed E-state index contributed by atoms with van der Waals surface area (Å²) in [6, 6.07) is 4.77. The molecule has 0 bridgehead atoms. The van der Waals surface area contributed by atoms with Crippen LogP contribution in [-0.4, -0.2) is 65.6 Å². The molecule has 0 radical (unpaired) electrons. The first kappa shape index (κ1) is 19.7. The monoisotopic (exact) mass is 398 g/mol. The van der Waals surface area contributed by atoms with Crippen LogP contribution in [0.1, 0.15) is 53.0 Å². The first-order valence-corrected chi connectivity index (χ1v) is 9.95. The Balaban J connectivity index is 1.53. The van der Waals surface area contributed by atoms with Gasteiger partial charge in [-0.05, 0) is 36.6 Å². The highest BCUT2D eigenvalue weighted by Crippen LogP contribution is 2.32. The third-order valence-electron chi connectivity index (χ3n) is 6.27. The molecular formula is C21H26N4O4. The minimum absolute atomic E-state index is 0.117. The Morgan fingerprint density at radius 3 is 2.52 bits per heavy atom. The number of rotatable bonds is 4. The van der Waals surface area contributed by atoms with Crippen LogP contribution in [0.2, 0.25) is 0 Å². The number of hydrogen-bond donors (Lipinski definition) is 2. The van der Waals surface area contributed by atoms with Crippen molar-refractivity contribution >= 4 is 23.6 Å². The largest absolute Gasteiger partial charge is 0.315 e. The van der Waals surface area contributed by atoms with Gasteiger partial charge in [0.2, 0.25) is 11.8 Å². The molecule has 1 aromatic carbocycles. The minimum atomic E-state index is -0.931. The lowest BCUT2D eigenvalue weighted by Gasteiger charge is -2.27. The van der Waals surface area contributed by atoms with Gasteiger partial charge in [0.1, 0.15) is 6.04 Å². The maximum Gasteiger partial charge on any atom is 0.262 e. The van der Waals surface area contributed by atoms with E-state index in [9.17, 15) is 19.2 Å². The van der Waals surface area contributed by atoms with Crippen molar-refractivity contribution in [3.8, 4) is 0 Å². The van der Waals surface area contributed by atoms with Gasteiger partial charge in [-0.25, -0.2) is 0 Å². The highest BCUT2D eigenvalue weighted by atomic mass is 16.2. The summed E-state index contributed by atoms with van der Waals surface area (Å²) in [4.78, 5) is 52.6. The summed E-state index contributed by atoms with van der Waals surface area (Å²) in [7, 11) is 1.97. The lowest BCUT2D eigenvalue weighted by molar-refractivity contribution is -0.136. The number of carbonyl (C=O) groups excluding carboxylic acids is 4. The van der Waals surface area contributed by atoms with E-state index in [0.29, 0.717) is 23.7 Å². The number of piperidine rings is 1. The highest BCUT2D eigenvalue weighted by Gasteiger charge is 2.45. The number of fused-ring (bicyclic) bond motifs is 1. The molecule has 3 aliphatic heterocycles. The Morgan fingerprint density at radius 1 is 1.14 bits per heavy atom. The van der Waals surface area contributed by atoms with Gasteiger partial charge < -0.3 is 5.32 Å². The Labute approximate surface area is 169 Å². The summed E-state index contributed by atoms with van der Waals surface area (Å²) in [6.07, 6.45) is 0.281. The van der Waals surface area contributed by atoms with Gasteiger partial charge in [0.15, 0.2) is 0 Å². The van der Waals surface area contributed by atoms with E-state index in [1.807, 2.05) is 13.1 Å². The average molecular weight is 398 g/mol. The molecule has 0 aromatic heterocycles. The Morgan fingerprint density at radius 2 is 1.86 bits per heavy atom. The van der Waals surface area contributed by atoms with Crippen LogP contribution in [0.5, 0.6) is 0 Å². The van der Waals surface area contributed by atoms with E-state index in [2.05, 4.69) is 29.4 Å². The van der Waals surface area contributed by atoms with E-state index in [1.54, 1.807) is 12.1 Å². The fourth-order valence-corrected chi connectivity index (χ4v) is 4.73. The smallest absolute Gasteiger partial charge is 0.262 e. The number of imide groups is 2. The highest BCUT2D eigenvalue weighted by molar-refractivity contribution is 6.23. The maximum atomic E-state index is 12.9. The molecule has 29 heavy (non-hydrogen) atoms. The van der Waals surface area contributed by atoms with Crippen LogP contribution in [0.15, 0.2) is 18.2 Å². The summed E-state index contributed by atoms with van der Waals surface area (Å²) < 4.78 is 0. The molecule has 2 unspecified atom stereocenters. The van der Waals surface area contributed by atoms with Gasteiger partial charge >= 0.3 is 0 Å². The predicted molar refractivity (Wildman–Crippen MR) is 105 cm³/mol. The molecule has 3 aliphatic rings. The number of nitrogens with zero attached hydrogens (tertiary/aromatic N) is 2. The van der Waals surface area contributed by atoms with Crippen LogP contribution in [0, 0.1) is 5.41 Å². The lowest BCUT2D eigenvalue weighted by atomic mass is 9.88. The fourth-order valence-electron chi connectivity index (χ4n) is 4.73. The number of amides is 4. The zero-order valence-electron chi connectivity index (χ0n) is 16.9. The molecule has 0 aliphatic carbocycles. The summed E-state index contributed by atoms with van der Waals surface area (Å²) in [5.41, 5.74) is 1.77. The number of nitrogens with one attached hydrogen (secondary N) is 2. The molecule has 4 amide bonds. The predicted octanol–water partition coefficient (Wildman–Crippen LogP) is 0.518. The number of benzene rings is 1. The third-order valence-corrected chi connectivity index (χ3v) is 6.27. The van der Waals surface area contributed by atoms with Crippen molar-refractivity contribution in [1.82, 2.24) is 20.4 Å². The van der Waals surface area contributed by atoms with Gasteiger partial charge in [0.25, 0.3) is 11.8 Å². The van der Waals surface area contributed by atoms with Crippen molar-refractivity contribution in [2.24, 2.45) is 5.41 Å². The maximum absolute atomic E-state index is 12.9. The zero-order valence-corrected chi connectivity index (χ0v) is 16.9. The zero-order chi connectivity index (χ0) is 20.9. The molecule has 1 aromatic rings. The van der Waals surface area contributed by atoms with E-state index in [4.69, 9.17) is 0 Å². The van der Waals surface area contributed by atoms with Gasteiger partial charge in [-0.15, -0.1) is 0 Å². The van der Waals surface area contributed by atoms with Gasteiger partial charge in [-0.1, -0.05) is 19.9 Å². The molecule has 0 saturated carbocycles. The van der Waals surface area contributed by atoms with Crippen molar-refractivity contribution in [1.29, 1.82) is 0 Å². The number of likely N-dealkylation sites (tertiary alicyclic amines) is 1. The molecule has 0 spiro atoms. The van der Waals surface area contributed by atoms with Crippen LogP contribution in [-0.2, 0) is 16.1 Å². The van der Waals surface area contributed by atoms with Crippen LogP contribution in [0.4, 0.5) is 0 Å². The number of likely N-dealkylation sites (N-methyl/N-ethyl adjacent to an activating group) is 1. The first-order valence-electron chi connectivity index (χ1n) is 9.95. The van der Waals surface area contributed by atoms with Crippen LogP contribution < -0.4 is 10.6 Å². The molecule has 4 rings (SSSR count). The lowest BCUT2D eigenvalue weighted by Crippen LogP contribution is -2.54. The van der Waals surface area contributed by atoms with E-state index < -0.39 is 23.8 Å². The summed E-state index contributed by atoms with van der Waals surface area (Å²) >= 11 is 0. The minimum Gasteiger partial charge on any atom is -0.315 e. The second kappa shape index (κ2) is 7.03. The molecule has 2 saturated heterocycles. The topological polar surface area (TPSA) is 98.8 Å². The van der Waals surface area contributed by atoms with Crippen molar-refractivity contribution in [2.45, 2.75) is 45.3 Å². The standard InChI is InChI=1S/C21H26N4O4/c1-21(2)11-24(10-16(21)22-3)9-12-4-5-13-14(8-12)20(29)25(19(13)28)15-6-7-17(26)23-18(15)27/h4-5,8,15-16,22H,6-7,9-11H2,1-3H3,(H,23,26,27). The molecule has 2 fully saturated rings. The Bertz CT molecular complexity index is 910. The van der Waals surface area contributed by atoms with E-state index >= 15 is 0 Å². The summed E-state index contributed by atoms with van der Waals surface area (Å²) in [5, 5.41) is 5.58. The molecule has 3 heterocycles. The van der Waals surface area contributed by atoms with Gasteiger partial charge in [0, 0.05) is 32.1 Å². The summed E-state index contributed by atoms with van der Waals surface area (Å²) in [6.45, 7) is 7.00. The second-order valence-corrected chi connectivity index (χ2v) is 8.83. The van der Waals surface area contributed by atoms with Crippen LogP contribution in [0.3, 0.4) is 0 Å². The quantitative estimate of drug-likeness (QED) is 0.718. The normalized spacial score (nSPS) is 26.8. The van der Waals surface area contributed by atoms with Gasteiger partial charge in [0.05, 0.1) is 11.1 Å². The van der Waals surface area contributed by atoms with E-state index in [-0.39, 0.29) is 24.2 Å². The van der Waals surface area contributed by atoms with E-state index in [0.717, 1.165) is 23.6 Å². The first-order chi connectivity index (χ1) is 13.7. The van der Waals surface area contributed by atoms with Crippen molar-refractivity contribution in [2.75, 3.05) is 20.1 Å². The second-order valence-electron chi connectivity index (χ2n) is 8.83. The number of carbonyl (C=O) groups is 4. The molecule has 8 heteroatoms. The average Bonchev–Trinajstić information content (AvgIpc) is 3.08. The van der Waals surface area contributed by atoms with Crippen LogP contribution >= 0.6 is 0 Å². The number of hydrogen-bond acceptors (Lipinski definition) is 6. The van der Waals surface area contributed by atoms with Crippen molar-refractivity contribution in [3.05, 3.63) is 34.9 Å².